The summed E-state index contributed by atoms with van der Waals surface area (Å²) in [6.07, 6.45) is -2.34. The second-order valence-corrected chi connectivity index (χ2v) is 3.23. The van der Waals surface area contributed by atoms with Crippen LogP contribution in [0.2, 0.25) is 0 Å². The molecule has 0 aromatic carbocycles. The molecule has 1 aliphatic heterocycles. The summed E-state index contributed by atoms with van der Waals surface area (Å²) < 4.78 is 23.7. The molecule has 2 amide bonds. The largest absolute Gasteiger partial charge is 0.338 e. The first-order chi connectivity index (χ1) is 6.13. The zero-order valence-electron chi connectivity index (χ0n) is 7.59. The van der Waals surface area contributed by atoms with Crippen LogP contribution in [0, 0.1) is 5.92 Å². The molecule has 1 saturated heterocycles. The molecule has 3 nitrogen and oxygen atoms in total. The Morgan fingerprint density at radius 3 is 2.69 bits per heavy atom. The van der Waals surface area contributed by atoms with Gasteiger partial charge in [0.25, 0.3) is 0 Å². The minimum absolute atomic E-state index is 0.0115. The van der Waals surface area contributed by atoms with Crippen molar-refractivity contribution in [2.75, 3.05) is 19.6 Å². The van der Waals surface area contributed by atoms with E-state index in [0.717, 1.165) is 0 Å². The van der Waals surface area contributed by atoms with Crippen molar-refractivity contribution in [1.29, 1.82) is 0 Å². The third-order valence-electron chi connectivity index (χ3n) is 2.08. The molecule has 0 unspecified atom stereocenters. The van der Waals surface area contributed by atoms with E-state index in [0.29, 0.717) is 19.6 Å². The van der Waals surface area contributed by atoms with Crippen LogP contribution in [0.15, 0.2) is 0 Å². The Balaban J connectivity index is 2.14. The van der Waals surface area contributed by atoms with E-state index < -0.39 is 6.43 Å². The maximum Gasteiger partial charge on any atom is 0.317 e. The molecule has 0 aromatic heterocycles. The fourth-order valence-corrected chi connectivity index (χ4v) is 1.40. The molecule has 1 aliphatic rings. The SMILES string of the molecule is CCNC(=O)N1CC(CC(F)F)C1. The van der Waals surface area contributed by atoms with Crippen LogP contribution in [0.25, 0.3) is 0 Å². The number of hydrogen-bond acceptors (Lipinski definition) is 1. The predicted octanol–water partition coefficient (Wildman–Crippen LogP) is 1.30. The van der Waals surface area contributed by atoms with Crippen LogP contribution in [0.1, 0.15) is 13.3 Å². The van der Waals surface area contributed by atoms with Crippen molar-refractivity contribution in [3.05, 3.63) is 0 Å². The molecule has 1 rings (SSSR count). The number of carbonyl (C=O) groups excluding carboxylic acids is 1. The lowest BCUT2D eigenvalue weighted by molar-refractivity contribution is 0.0538. The fourth-order valence-electron chi connectivity index (χ4n) is 1.40. The highest BCUT2D eigenvalue weighted by molar-refractivity contribution is 5.74. The summed E-state index contributed by atoms with van der Waals surface area (Å²) in [6, 6.07) is -0.145. The van der Waals surface area contributed by atoms with Crippen LogP contribution in [-0.4, -0.2) is 37.0 Å². The minimum atomic E-state index is -2.25. The molecule has 0 radical (unpaired) electrons. The fraction of sp³-hybridized carbons (Fsp3) is 0.875. The maximum atomic E-state index is 11.9. The molecule has 76 valence electrons. The second-order valence-electron chi connectivity index (χ2n) is 3.23. The van der Waals surface area contributed by atoms with Crippen molar-refractivity contribution in [2.24, 2.45) is 5.92 Å². The number of alkyl halides is 2. The van der Waals surface area contributed by atoms with E-state index in [-0.39, 0.29) is 18.4 Å². The summed E-state index contributed by atoms with van der Waals surface area (Å²) >= 11 is 0. The quantitative estimate of drug-likeness (QED) is 0.718. The normalized spacial score (nSPS) is 17.4. The average molecular weight is 192 g/mol. The number of amides is 2. The summed E-state index contributed by atoms with van der Waals surface area (Å²) in [6.45, 7) is 3.34. The van der Waals surface area contributed by atoms with Gasteiger partial charge in [-0.15, -0.1) is 0 Å². The van der Waals surface area contributed by atoms with Gasteiger partial charge in [0.05, 0.1) is 0 Å². The minimum Gasteiger partial charge on any atom is -0.338 e. The van der Waals surface area contributed by atoms with E-state index in [4.69, 9.17) is 0 Å². The summed E-state index contributed by atoms with van der Waals surface area (Å²) in [5.41, 5.74) is 0. The van der Waals surface area contributed by atoms with Gasteiger partial charge >= 0.3 is 6.03 Å². The lowest BCUT2D eigenvalue weighted by Gasteiger charge is -2.38. The van der Waals surface area contributed by atoms with E-state index in [1.807, 2.05) is 6.92 Å². The monoisotopic (exact) mass is 192 g/mol. The number of nitrogens with zero attached hydrogens (tertiary/aromatic N) is 1. The molecule has 0 aromatic rings. The number of carbonyl (C=O) groups is 1. The van der Waals surface area contributed by atoms with Gasteiger partial charge in [0.15, 0.2) is 0 Å². The van der Waals surface area contributed by atoms with Crippen molar-refractivity contribution in [3.8, 4) is 0 Å². The van der Waals surface area contributed by atoms with Gasteiger partial charge < -0.3 is 10.2 Å². The third-order valence-corrected chi connectivity index (χ3v) is 2.08. The van der Waals surface area contributed by atoms with Crippen LogP contribution in [0.3, 0.4) is 0 Å². The van der Waals surface area contributed by atoms with Gasteiger partial charge in [-0.3, -0.25) is 0 Å². The molecule has 0 atom stereocenters. The highest BCUT2D eigenvalue weighted by Crippen LogP contribution is 2.21. The van der Waals surface area contributed by atoms with Gasteiger partial charge in [-0.2, -0.15) is 0 Å². The standard InChI is InChI=1S/C8H14F2N2O/c1-2-11-8(13)12-4-6(5-12)3-7(9)10/h6-7H,2-5H2,1H3,(H,11,13). The smallest absolute Gasteiger partial charge is 0.317 e. The number of likely N-dealkylation sites (tertiary alicyclic amines) is 1. The first kappa shape index (κ1) is 10.2. The Morgan fingerprint density at radius 2 is 2.23 bits per heavy atom. The molecule has 1 fully saturated rings. The predicted molar refractivity (Wildman–Crippen MR) is 44.8 cm³/mol. The summed E-state index contributed by atoms with van der Waals surface area (Å²) in [5.74, 6) is -0.0115. The van der Waals surface area contributed by atoms with Crippen LogP contribution in [-0.2, 0) is 0 Å². The lowest BCUT2D eigenvalue weighted by Crippen LogP contribution is -2.54. The zero-order valence-corrected chi connectivity index (χ0v) is 7.59. The lowest BCUT2D eigenvalue weighted by atomic mass is 9.97. The van der Waals surface area contributed by atoms with E-state index >= 15 is 0 Å². The average Bonchev–Trinajstić information content (AvgIpc) is 1.95. The molecule has 0 saturated carbocycles. The van der Waals surface area contributed by atoms with E-state index in [1.165, 1.54) is 0 Å². The van der Waals surface area contributed by atoms with Gasteiger partial charge in [-0.25, -0.2) is 13.6 Å². The van der Waals surface area contributed by atoms with Crippen molar-refractivity contribution < 1.29 is 13.6 Å². The second kappa shape index (κ2) is 4.39. The number of halogens is 2. The highest BCUT2D eigenvalue weighted by Gasteiger charge is 2.31. The third kappa shape index (κ3) is 2.82. The van der Waals surface area contributed by atoms with E-state index in [9.17, 15) is 13.6 Å². The molecule has 13 heavy (non-hydrogen) atoms. The molecular weight excluding hydrogens is 178 g/mol. The Hall–Kier alpha value is -0.870. The van der Waals surface area contributed by atoms with Crippen LogP contribution >= 0.6 is 0 Å². The number of urea groups is 1. The van der Waals surface area contributed by atoms with Gasteiger partial charge in [-0.1, -0.05) is 0 Å². The Bertz CT molecular complexity index is 181. The van der Waals surface area contributed by atoms with Crippen molar-refractivity contribution in [2.45, 2.75) is 19.8 Å². The first-order valence-corrected chi connectivity index (χ1v) is 4.44. The topological polar surface area (TPSA) is 32.3 Å². The Labute approximate surface area is 76.1 Å². The molecule has 0 bridgehead atoms. The first-order valence-electron chi connectivity index (χ1n) is 4.44. The summed E-state index contributed by atoms with van der Waals surface area (Å²) in [5, 5.41) is 2.62. The molecule has 1 N–H and O–H groups in total. The van der Waals surface area contributed by atoms with Gasteiger partial charge in [0.1, 0.15) is 0 Å². The number of hydrogen-bond donors (Lipinski definition) is 1. The molecule has 1 heterocycles. The van der Waals surface area contributed by atoms with Crippen LogP contribution in [0.4, 0.5) is 13.6 Å². The van der Waals surface area contributed by atoms with E-state index in [1.54, 1.807) is 4.90 Å². The number of nitrogens with one attached hydrogen (secondary N) is 1. The van der Waals surface area contributed by atoms with Gasteiger partial charge in [-0.05, 0) is 12.8 Å². The van der Waals surface area contributed by atoms with Crippen LogP contribution < -0.4 is 5.32 Å². The maximum absolute atomic E-state index is 11.9. The molecule has 0 aliphatic carbocycles. The van der Waals surface area contributed by atoms with Gasteiger partial charge in [0, 0.05) is 26.1 Å². The van der Waals surface area contributed by atoms with E-state index in [2.05, 4.69) is 5.32 Å². The molecular formula is C8H14F2N2O. The number of rotatable bonds is 3. The van der Waals surface area contributed by atoms with Crippen molar-refractivity contribution in [3.63, 3.8) is 0 Å². The van der Waals surface area contributed by atoms with Crippen molar-refractivity contribution >= 4 is 6.03 Å². The molecule has 5 heteroatoms. The molecule has 0 spiro atoms. The zero-order chi connectivity index (χ0) is 9.84. The van der Waals surface area contributed by atoms with Crippen LogP contribution in [0.5, 0.6) is 0 Å². The summed E-state index contributed by atoms with van der Waals surface area (Å²) in [7, 11) is 0. The summed E-state index contributed by atoms with van der Waals surface area (Å²) in [4.78, 5) is 12.6. The van der Waals surface area contributed by atoms with Crippen molar-refractivity contribution in [1.82, 2.24) is 10.2 Å². The Morgan fingerprint density at radius 1 is 1.62 bits per heavy atom. The Kier molecular flexibility index (Phi) is 3.45. The highest BCUT2D eigenvalue weighted by atomic mass is 19.3. The van der Waals surface area contributed by atoms with Gasteiger partial charge in [0.2, 0.25) is 6.43 Å².